The summed E-state index contributed by atoms with van der Waals surface area (Å²) in [5.74, 6) is 0.315. The van der Waals surface area contributed by atoms with Gasteiger partial charge in [-0.2, -0.15) is 0 Å². The Hall–Kier alpha value is -0.840. The summed E-state index contributed by atoms with van der Waals surface area (Å²) >= 11 is 4.96. The quantitative estimate of drug-likeness (QED) is 0.581. The average Bonchev–Trinajstić information content (AvgIpc) is 2.29. The molecule has 0 aromatic carbocycles. The maximum absolute atomic E-state index is 11.7. The number of carbonyl (C=O) groups is 1. The van der Waals surface area contributed by atoms with Gasteiger partial charge in [-0.1, -0.05) is 25.6 Å². The minimum Gasteiger partial charge on any atom is -0.393 e. The van der Waals surface area contributed by atoms with Crippen molar-refractivity contribution in [3.63, 3.8) is 0 Å². The second-order valence-corrected chi connectivity index (χ2v) is 4.72. The van der Waals surface area contributed by atoms with E-state index in [1.807, 2.05) is 4.90 Å². The fourth-order valence-corrected chi connectivity index (χ4v) is 2.09. The molecule has 0 unspecified atom stereocenters. The van der Waals surface area contributed by atoms with Crippen LogP contribution in [0.25, 0.3) is 0 Å². The SMILES string of the molecule is CCCCNC(=O)N1CCC(C(N)=S)CC1. The number of nitrogens with zero attached hydrogens (tertiary/aromatic N) is 1. The third kappa shape index (κ3) is 3.96. The van der Waals surface area contributed by atoms with Gasteiger partial charge in [-0.25, -0.2) is 4.79 Å². The van der Waals surface area contributed by atoms with Crippen LogP contribution < -0.4 is 11.1 Å². The van der Waals surface area contributed by atoms with Gasteiger partial charge < -0.3 is 16.0 Å². The number of hydrogen-bond acceptors (Lipinski definition) is 2. The molecule has 1 rings (SSSR count). The number of rotatable bonds is 4. The summed E-state index contributed by atoms with van der Waals surface area (Å²) in [5, 5.41) is 2.92. The number of thiocarbonyl (C=S) groups is 1. The Morgan fingerprint density at radius 1 is 1.50 bits per heavy atom. The van der Waals surface area contributed by atoms with Gasteiger partial charge in [-0.05, 0) is 19.3 Å². The van der Waals surface area contributed by atoms with Crippen LogP contribution in [0.3, 0.4) is 0 Å². The number of hydrogen-bond donors (Lipinski definition) is 2. The van der Waals surface area contributed by atoms with E-state index in [2.05, 4.69) is 12.2 Å². The largest absolute Gasteiger partial charge is 0.393 e. The highest BCUT2D eigenvalue weighted by molar-refractivity contribution is 7.80. The lowest BCUT2D eigenvalue weighted by atomic mass is 9.97. The summed E-state index contributed by atoms with van der Waals surface area (Å²) in [6.45, 7) is 4.41. The smallest absolute Gasteiger partial charge is 0.317 e. The standard InChI is InChI=1S/C11H21N3OS/c1-2-3-6-13-11(15)14-7-4-9(5-8-14)10(12)16/h9H,2-8H2,1H3,(H2,12,16)(H,13,15). The fourth-order valence-electron chi connectivity index (χ4n) is 1.85. The van der Waals surface area contributed by atoms with Gasteiger partial charge in [0.15, 0.2) is 0 Å². The Bertz CT molecular complexity index is 250. The second kappa shape index (κ2) is 6.68. The molecule has 1 saturated heterocycles. The number of nitrogens with two attached hydrogens (primary N) is 1. The zero-order valence-corrected chi connectivity index (χ0v) is 10.7. The van der Waals surface area contributed by atoms with Gasteiger partial charge in [0.05, 0.1) is 4.99 Å². The lowest BCUT2D eigenvalue weighted by molar-refractivity contribution is 0.180. The predicted octanol–water partition coefficient (Wildman–Crippen LogP) is 1.49. The van der Waals surface area contributed by atoms with Crippen molar-refractivity contribution in [1.29, 1.82) is 0 Å². The average molecular weight is 243 g/mol. The molecule has 0 aliphatic carbocycles. The number of amides is 2. The molecule has 0 atom stereocenters. The number of urea groups is 1. The molecule has 16 heavy (non-hydrogen) atoms. The molecule has 4 nitrogen and oxygen atoms in total. The van der Waals surface area contributed by atoms with Crippen LogP contribution >= 0.6 is 12.2 Å². The number of nitrogens with one attached hydrogen (secondary N) is 1. The first kappa shape index (κ1) is 13.2. The highest BCUT2D eigenvalue weighted by Crippen LogP contribution is 2.17. The van der Waals surface area contributed by atoms with Gasteiger partial charge in [0, 0.05) is 25.6 Å². The van der Waals surface area contributed by atoms with Crippen molar-refractivity contribution in [1.82, 2.24) is 10.2 Å². The van der Waals surface area contributed by atoms with Crippen molar-refractivity contribution in [3.05, 3.63) is 0 Å². The van der Waals surface area contributed by atoms with E-state index < -0.39 is 0 Å². The highest BCUT2D eigenvalue weighted by Gasteiger charge is 2.23. The molecule has 0 radical (unpaired) electrons. The normalized spacial score (nSPS) is 17.2. The Morgan fingerprint density at radius 2 is 2.12 bits per heavy atom. The molecule has 0 bridgehead atoms. The van der Waals surface area contributed by atoms with Gasteiger partial charge in [0.1, 0.15) is 0 Å². The van der Waals surface area contributed by atoms with Crippen LogP contribution in [-0.4, -0.2) is 35.6 Å². The minimum atomic E-state index is 0.0508. The zero-order valence-electron chi connectivity index (χ0n) is 9.87. The predicted molar refractivity (Wildman–Crippen MR) is 69.4 cm³/mol. The summed E-state index contributed by atoms with van der Waals surface area (Å²) in [4.78, 5) is 14.1. The fraction of sp³-hybridized carbons (Fsp3) is 0.818. The number of likely N-dealkylation sites (tertiary alicyclic amines) is 1. The summed E-state index contributed by atoms with van der Waals surface area (Å²) in [7, 11) is 0. The van der Waals surface area contributed by atoms with E-state index in [4.69, 9.17) is 18.0 Å². The molecule has 92 valence electrons. The van der Waals surface area contributed by atoms with Crippen LogP contribution in [0.1, 0.15) is 32.6 Å². The van der Waals surface area contributed by atoms with Crippen molar-refractivity contribution < 1.29 is 4.79 Å². The van der Waals surface area contributed by atoms with Gasteiger partial charge in [0.25, 0.3) is 0 Å². The first-order valence-electron chi connectivity index (χ1n) is 5.97. The second-order valence-electron chi connectivity index (χ2n) is 4.25. The van der Waals surface area contributed by atoms with Gasteiger partial charge in [-0.3, -0.25) is 0 Å². The van der Waals surface area contributed by atoms with Crippen LogP contribution in [0.2, 0.25) is 0 Å². The maximum atomic E-state index is 11.7. The van der Waals surface area contributed by atoms with Crippen molar-refractivity contribution >= 4 is 23.2 Å². The Morgan fingerprint density at radius 3 is 2.62 bits per heavy atom. The van der Waals surface area contributed by atoms with Crippen LogP contribution in [0.4, 0.5) is 4.79 Å². The van der Waals surface area contributed by atoms with E-state index in [0.717, 1.165) is 45.3 Å². The van der Waals surface area contributed by atoms with Crippen molar-refractivity contribution in [2.24, 2.45) is 11.7 Å². The van der Waals surface area contributed by atoms with Gasteiger partial charge in [0.2, 0.25) is 0 Å². The molecule has 0 aromatic rings. The monoisotopic (exact) mass is 243 g/mol. The minimum absolute atomic E-state index is 0.0508. The molecule has 0 saturated carbocycles. The molecule has 0 spiro atoms. The first-order chi connectivity index (χ1) is 7.65. The third-order valence-corrected chi connectivity index (χ3v) is 3.32. The molecule has 5 heteroatoms. The molecule has 1 aliphatic rings. The summed E-state index contributed by atoms with van der Waals surface area (Å²) in [5.41, 5.74) is 5.60. The third-order valence-electron chi connectivity index (χ3n) is 2.99. The van der Waals surface area contributed by atoms with Crippen LogP contribution in [0, 0.1) is 5.92 Å². The van der Waals surface area contributed by atoms with Crippen molar-refractivity contribution in [2.75, 3.05) is 19.6 Å². The van der Waals surface area contributed by atoms with E-state index in [-0.39, 0.29) is 6.03 Å². The first-order valence-corrected chi connectivity index (χ1v) is 6.38. The van der Waals surface area contributed by atoms with Crippen LogP contribution in [0.5, 0.6) is 0 Å². The van der Waals surface area contributed by atoms with E-state index in [1.54, 1.807) is 0 Å². The molecular formula is C11H21N3OS. The van der Waals surface area contributed by atoms with Gasteiger partial charge in [-0.15, -0.1) is 0 Å². The molecule has 1 aliphatic heterocycles. The summed E-state index contributed by atoms with van der Waals surface area (Å²) in [6.07, 6.45) is 3.94. The van der Waals surface area contributed by atoms with E-state index in [1.165, 1.54) is 0 Å². The topological polar surface area (TPSA) is 58.4 Å². The van der Waals surface area contributed by atoms with Crippen LogP contribution in [-0.2, 0) is 0 Å². The molecule has 2 amide bonds. The zero-order chi connectivity index (χ0) is 12.0. The van der Waals surface area contributed by atoms with Crippen molar-refractivity contribution in [2.45, 2.75) is 32.6 Å². The van der Waals surface area contributed by atoms with E-state index in [0.29, 0.717) is 10.9 Å². The van der Waals surface area contributed by atoms with Gasteiger partial charge >= 0.3 is 6.03 Å². The van der Waals surface area contributed by atoms with Crippen LogP contribution in [0.15, 0.2) is 0 Å². The number of piperidine rings is 1. The van der Waals surface area contributed by atoms with E-state index >= 15 is 0 Å². The van der Waals surface area contributed by atoms with Crippen molar-refractivity contribution in [3.8, 4) is 0 Å². The lowest BCUT2D eigenvalue weighted by Gasteiger charge is -2.31. The molecule has 0 aromatic heterocycles. The number of unbranched alkanes of at least 4 members (excludes halogenated alkanes) is 1. The Labute approximate surface area is 103 Å². The maximum Gasteiger partial charge on any atom is 0.317 e. The Balaban J connectivity index is 2.25. The summed E-state index contributed by atoms with van der Waals surface area (Å²) < 4.78 is 0. The molecule has 3 N–H and O–H groups in total. The molecule has 1 heterocycles. The molecular weight excluding hydrogens is 222 g/mol. The van der Waals surface area contributed by atoms with E-state index in [9.17, 15) is 4.79 Å². The summed E-state index contributed by atoms with van der Waals surface area (Å²) in [6, 6.07) is 0.0508. The highest BCUT2D eigenvalue weighted by atomic mass is 32.1. The molecule has 1 fully saturated rings. The number of carbonyl (C=O) groups excluding carboxylic acids is 1. The Kier molecular flexibility index (Phi) is 5.52. The lowest BCUT2D eigenvalue weighted by Crippen LogP contribution is -2.46.